The van der Waals surface area contributed by atoms with Crippen molar-refractivity contribution in [3.05, 3.63) is 128 Å². The summed E-state index contributed by atoms with van der Waals surface area (Å²) in [4.78, 5) is 17.8. The molecule has 2 aromatic carbocycles. The molecule has 0 saturated carbocycles. The van der Waals surface area contributed by atoms with Crippen LogP contribution in [0.5, 0.6) is 0 Å². The van der Waals surface area contributed by atoms with Crippen molar-refractivity contribution >= 4 is 28.4 Å². The molecule has 0 bridgehead atoms. The van der Waals surface area contributed by atoms with Crippen LogP contribution >= 0.6 is 11.3 Å². The van der Waals surface area contributed by atoms with Crippen molar-refractivity contribution in [2.45, 2.75) is 58.9 Å². The Hall–Kier alpha value is -3.69. The van der Waals surface area contributed by atoms with Gasteiger partial charge in [0.15, 0.2) is 0 Å². The Balaban J connectivity index is 1.28. The van der Waals surface area contributed by atoms with E-state index >= 15 is 0 Å². The molecule has 2 nitrogen and oxygen atoms in total. The average Bonchev–Trinajstić information content (AvgIpc) is 3.57. The number of Topliss-reactive ketones (excluding diaryl/α,β-unsaturated/α-hetero) is 1. The van der Waals surface area contributed by atoms with Gasteiger partial charge in [0.05, 0.1) is 4.88 Å². The number of thiophene rings is 1. The summed E-state index contributed by atoms with van der Waals surface area (Å²) in [5, 5.41) is 0. The lowest BCUT2D eigenvalue weighted by Crippen LogP contribution is -2.34. The third kappa shape index (κ3) is 3.64. The molecule has 0 fully saturated rings. The fourth-order valence-corrected chi connectivity index (χ4v) is 8.15. The average molecular weight is 542 g/mol. The van der Waals surface area contributed by atoms with Crippen molar-refractivity contribution in [3.8, 4) is 11.1 Å². The van der Waals surface area contributed by atoms with Crippen molar-refractivity contribution in [2.24, 2.45) is 5.92 Å². The summed E-state index contributed by atoms with van der Waals surface area (Å²) in [7, 11) is 0. The zero-order valence-electron chi connectivity index (χ0n) is 24.0. The van der Waals surface area contributed by atoms with Gasteiger partial charge in [-0.2, -0.15) is 0 Å². The first-order chi connectivity index (χ1) is 19.1. The van der Waals surface area contributed by atoms with Crippen LogP contribution in [-0.2, 0) is 5.41 Å². The lowest BCUT2D eigenvalue weighted by Gasteiger charge is -2.33. The highest BCUT2D eigenvalue weighted by Gasteiger charge is 2.38. The monoisotopic (exact) mass is 541 g/mol. The van der Waals surface area contributed by atoms with E-state index in [4.69, 9.17) is 0 Å². The molecule has 1 unspecified atom stereocenters. The van der Waals surface area contributed by atoms with E-state index in [-0.39, 0.29) is 11.2 Å². The van der Waals surface area contributed by atoms with Gasteiger partial charge in [-0.05, 0) is 88.6 Å². The van der Waals surface area contributed by atoms with Gasteiger partial charge in [0.2, 0.25) is 5.78 Å². The molecule has 40 heavy (non-hydrogen) atoms. The van der Waals surface area contributed by atoms with Gasteiger partial charge in [0.1, 0.15) is 0 Å². The fraction of sp³-hybridized carbons (Fsp3) is 0.270. The summed E-state index contributed by atoms with van der Waals surface area (Å²) in [5.74, 6) is 0.612. The highest BCUT2D eigenvalue weighted by Crippen LogP contribution is 2.51. The molecule has 0 radical (unpaired) electrons. The molecule has 3 aromatic rings. The zero-order valence-corrected chi connectivity index (χ0v) is 24.8. The number of hydrogen-bond acceptors (Lipinski definition) is 3. The van der Waals surface area contributed by atoms with Gasteiger partial charge in [0, 0.05) is 45.3 Å². The van der Waals surface area contributed by atoms with Crippen molar-refractivity contribution in [1.82, 2.24) is 0 Å². The molecule has 3 aliphatic carbocycles. The van der Waals surface area contributed by atoms with E-state index < -0.39 is 0 Å². The maximum Gasteiger partial charge on any atom is 0.204 e. The van der Waals surface area contributed by atoms with Crippen molar-refractivity contribution in [3.63, 3.8) is 0 Å². The second-order valence-electron chi connectivity index (χ2n) is 12.5. The number of anilines is 1. The van der Waals surface area contributed by atoms with Gasteiger partial charge in [0.25, 0.3) is 0 Å². The quantitative estimate of drug-likeness (QED) is 0.308. The number of allylic oxidation sites excluding steroid dienone is 7. The Labute approximate surface area is 241 Å². The van der Waals surface area contributed by atoms with E-state index in [1.165, 1.54) is 39.2 Å². The topological polar surface area (TPSA) is 20.3 Å². The van der Waals surface area contributed by atoms with Crippen LogP contribution in [0.2, 0.25) is 0 Å². The Morgan fingerprint density at radius 3 is 2.60 bits per heavy atom. The first-order valence-electron chi connectivity index (χ1n) is 14.4. The minimum atomic E-state index is -0.0225. The van der Waals surface area contributed by atoms with Crippen LogP contribution in [0.1, 0.15) is 71.8 Å². The predicted octanol–water partition coefficient (Wildman–Crippen LogP) is 9.57. The highest BCUT2D eigenvalue weighted by molar-refractivity contribution is 7.14. The largest absolute Gasteiger partial charge is 0.341 e. The fourth-order valence-electron chi connectivity index (χ4n) is 7.16. The third-order valence-electron chi connectivity index (χ3n) is 9.27. The van der Waals surface area contributed by atoms with E-state index in [1.54, 1.807) is 11.3 Å². The SMILES string of the molecule is C=C1/C(=C\C2=CC3=C(CC=C2)N(c2ccc4c(c2)C(C)(C)c2ccccc2-4)C(C(C)C)C3)C(=O)c2sc(C)cc21. The summed E-state index contributed by atoms with van der Waals surface area (Å²) >= 11 is 1.57. The van der Waals surface area contributed by atoms with E-state index in [0.717, 1.165) is 44.9 Å². The van der Waals surface area contributed by atoms with E-state index in [2.05, 4.69) is 119 Å². The van der Waals surface area contributed by atoms with Gasteiger partial charge in [-0.1, -0.05) is 76.8 Å². The minimum absolute atomic E-state index is 0.0225. The van der Waals surface area contributed by atoms with Crippen molar-refractivity contribution < 1.29 is 4.79 Å². The Bertz CT molecular complexity index is 1720. The molecular formula is C37H35NOS. The molecule has 200 valence electrons. The molecule has 3 heteroatoms. The van der Waals surface area contributed by atoms with Gasteiger partial charge in [-0.25, -0.2) is 0 Å². The molecule has 0 spiro atoms. The van der Waals surface area contributed by atoms with Crippen LogP contribution in [0.3, 0.4) is 0 Å². The number of rotatable bonds is 3. The maximum atomic E-state index is 13.2. The Morgan fingerprint density at radius 1 is 1.05 bits per heavy atom. The number of fused-ring (bicyclic) bond motifs is 4. The molecule has 7 rings (SSSR count). The van der Waals surface area contributed by atoms with E-state index in [0.29, 0.717) is 12.0 Å². The van der Waals surface area contributed by atoms with Gasteiger partial charge in [-0.3, -0.25) is 4.79 Å². The third-order valence-corrected chi connectivity index (χ3v) is 10.3. The number of carbonyl (C=O) groups is 1. The molecular weight excluding hydrogens is 506 g/mol. The molecule has 0 amide bonds. The lowest BCUT2D eigenvalue weighted by molar-refractivity contribution is 0.104. The Morgan fingerprint density at radius 2 is 1.82 bits per heavy atom. The normalized spacial score (nSPS) is 21.6. The highest BCUT2D eigenvalue weighted by atomic mass is 32.1. The first kappa shape index (κ1) is 25.3. The molecule has 1 aromatic heterocycles. The van der Waals surface area contributed by atoms with Crippen LogP contribution < -0.4 is 4.90 Å². The van der Waals surface area contributed by atoms with Crippen LogP contribution in [0.25, 0.3) is 16.7 Å². The summed E-state index contributed by atoms with van der Waals surface area (Å²) in [5.41, 5.74) is 13.2. The second-order valence-corrected chi connectivity index (χ2v) is 13.7. The molecule has 2 heterocycles. The van der Waals surface area contributed by atoms with Gasteiger partial charge < -0.3 is 4.90 Å². The summed E-state index contributed by atoms with van der Waals surface area (Å²) < 4.78 is 0. The van der Waals surface area contributed by atoms with Crippen LogP contribution in [-0.4, -0.2) is 11.8 Å². The number of nitrogens with zero attached hydrogens (tertiary/aromatic N) is 1. The van der Waals surface area contributed by atoms with Crippen molar-refractivity contribution in [2.75, 3.05) is 4.90 Å². The number of aryl methyl sites for hydroxylation is 1. The zero-order chi connectivity index (χ0) is 27.9. The molecule has 0 saturated heterocycles. The summed E-state index contributed by atoms with van der Waals surface area (Å²) in [6.07, 6.45) is 10.7. The summed E-state index contributed by atoms with van der Waals surface area (Å²) in [6, 6.07) is 18.4. The standard InChI is InChI=1S/C37H35NOS/c1-21(2)34-19-25-17-24(18-29-23(4)30-16-22(3)40-36(30)35(29)39)10-9-13-33(25)38(34)26-14-15-28-27-11-7-8-12-31(27)37(5,6)32(28)20-26/h7-12,14-18,20-21,34H,4,13,19H2,1-3,5-6H3/b29-18+. The van der Waals surface area contributed by atoms with Crippen LogP contribution in [0, 0.1) is 12.8 Å². The Kier molecular flexibility index (Phi) is 5.63. The van der Waals surface area contributed by atoms with Crippen LogP contribution in [0.4, 0.5) is 5.69 Å². The number of ketones is 1. The number of hydrogen-bond donors (Lipinski definition) is 0. The van der Waals surface area contributed by atoms with Gasteiger partial charge in [-0.15, -0.1) is 11.3 Å². The molecule has 4 aliphatic rings. The molecule has 1 atom stereocenters. The second kappa shape index (κ2) is 8.91. The molecule has 0 N–H and O–H groups in total. The van der Waals surface area contributed by atoms with Crippen molar-refractivity contribution in [1.29, 1.82) is 0 Å². The van der Waals surface area contributed by atoms with Gasteiger partial charge >= 0.3 is 0 Å². The molecule has 1 aliphatic heterocycles. The summed E-state index contributed by atoms with van der Waals surface area (Å²) in [6.45, 7) is 15.7. The maximum absolute atomic E-state index is 13.2. The van der Waals surface area contributed by atoms with Crippen LogP contribution in [0.15, 0.2) is 102 Å². The predicted molar refractivity (Wildman–Crippen MR) is 169 cm³/mol. The number of benzene rings is 2. The van der Waals surface area contributed by atoms with E-state index in [9.17, 15) is 4.79 Å². The van der Waals surface area contributed by atoms with E-state index in [1.807, 2.05) is 0 Å². The number of carbonyl (C=O) groups excluding carboxylic acids is 1. The smallest absolute Gasteiger partial charge is 0.204 e. The first-order valence-corrected chi connectivity index (χ1v) is 15.2. The lowest BCUT2D eigenvalue weighted by atomic mass is 9.82. The minimum Gasteiger partial charge on any atom is -0.341 e.